The highest BCUT2D eigenvalue weighted by molar-refractivity contribution is 4.55. The third-order valence-corrected chi connectivity index (χ3v) is 3.30. The highest BCUT2D eigenvalue weighted by Gasteiger charge is 1.97. The lowest BCUT2D eigenvalue weighted by Gasteiger charge is -2.16. The molecule has 3 heteroatoms. The van der Waals surface area contributed by atoms with Gasteiger partial charge in [-0.25, -0.2) is 0 Å². The zero-order valence-electron chi connectivity index (χ0n) is 12.8. The highest BCUT2D eigenvalue weighted by Crippen LogP contribution is 2.06. The third-order valence-electron chi connectivity index (χ3n) is 3.30. The minimum Gasteiger partial charge on any atom is -0.383 e. The molecule has 0 spiro atoms. The normalized spacial score (nSPS) is 11.3. The van der Waals surface area contributed by atoms with Crippen LogP contribution in [0.4, 0.5) is 0 Å². The van der Waals surface area contributed by atoms with Gasteiger partial charge in [0.1, 0.15) is 0 Å². The SMILES string of the molecule is CCCCCCCCCN(C)CCNCCOC. The van der Waals surface area contributed by atoms with Crippen LogP contribution in [0.5, 0.6) is 0 Å². The molecular formula is C15H34N2O. The second-order valence-electron chi connectivity index (χ2n) is 5.17. The quantitative estimate of drug-likeness (QED) is 0.485. The van der Waals surface area contributed by atoms with Crippen molar-refractivity contribution in [2.75, 3.05) is 46.9 Å². The summed E-state index contributed by atoms with van der Waals surface area (Å²) >= 11 is 0. The van der Waals surface area contributed by atoms with Crippen LogP contribution in [0, 0.1) is 0 Å². The fourth-order valence-electron chi connectivity index (χ4n) is 2.02. The summed E-state index contributed by atoms with van der Waals surface area (Å²) in [5, 5.41) is 3.38. The van der Waals surface area contributed by atoms with E-state index in [4.69, 9.17) is 4.74 Å². The number of nitrogens with one attached hydrogen (secondary N) is 1. The number of ether oxygens (including phenoxy) is 1. The van der Waals surface area contributed by atoms with Crippen LogP contribution in [0.2, 0.25) is 0 Å². The molecule has 0 fully saturated rings. The summed E-state index contributed by atoms with van der Waals surface area (Å²) < 4.78 is 4.99. The number of methoxy groups -OCH3 is 1. The maximum atomic E-state index is 4.99. The maximum absolute atomic E-state index is 4.99. The van der Waals surface area contributed by atoms with E-state index in [1.54, 1.807) is 7.11 Å². The Labute approximate surface area is 114 Å². The molecule has 18 heavy (non-hydrogen) atoms. The molecule has 0 aromatic heterocycles. The van der Waals surface area contributed by atoms with Gasteiger partial charge in [-0.15, -0.1) is 0 Å². The van der Waals surface area contributed by atoms with Crippen LogP contribution in [-0.4, -0.2) is 51.8 Å². The number of rotatable bonds is 14. The summed E-state index contributed by atoms with van der Waals surface area (Å²) in [4.78, 5) is 2.42. The first-order valence-electron chi connectivity index (χ1n) is 7.69. The maximum Gasteiger partial charge on any atom is 0.0587 e. The van der Waals surface area contributed by atoms with Gasteiger partial charge < -0.3 is 15.0 Å². The van der Waals surface area contributed by atoms with Gasteiger partial charge >= 0.3 is 0 Å². The van der Waals surface area contributed by atoms with E-state index in [0.717, 1.165) is 26.2 Å². The van der Waals surface area contributed by atoms with Gasteiger partial charge in [0.2, 0.25) is 0 Å². The largest absolute Gasteiger partial charge is 0.383 e. The third kappa shape index (κ3) is 13.9. The Morgan fingerprint density at radius 3 is 2.22 bits per heavy atom. The molecule has 0 saturated heterocycles. The van der Waals surface area contributed by atoms with Gasteiger partial charge in [0.05, 0.1) is 6.61 Å². The highest BCUT2D eigenvalue weighted by atomic mass is 16.5. The van der Waals surface area contributed by atoms with E-state index in [9.17, 15) is 0 Å². The molecule has 0 aliphatic rings. The number of nitrogens with zero attached hydrogens (tertiary/aromatic N) is 1. The van der Waals surface area contributed by atoms with E-state index < -0.39 is 0 Å². The van der Waals surface area contributed by atoms with Crippen molar-refractivity contribution in [3.63, 3.8) is 0 Å². The summed E-state index contributed by atoms with van der Waals surface area (Å²) in [6.45, 7) is 7.48. The Kier molecular flexibility index (Phi) is 14.8. The minimum absolute atomic E-state index is 0.807. The van der Waals surface area contributed by atoms with Crippen molar-refractivity contribution in [2.45, 2.75) is 51.9 Å². The standard InChI is InChI=1S/C15H34N2O/c1-4-5-6-7-8-9-10-13-17(2)14-11-16-12-15-18-3/h16H,4-15H2,1-3H3. The summed E-state index contributed by atoms with van der Waals surface area (Å²) in [6, 6.07) is 0. The van der Waals surface area contributed by atoms with Gasteiger partial charge in [-0.05, 0) is 20.0 Å². The Morgan fingerprint density at radius 1 is 0.889 bits per heavy atom. The molecule has 0 radical (unpaired) electrons. The van der Waals surface area contributed by atoms with Crippen LogP contribution >= 0.6 is 0 Å². The van der Waals surface area contributed by atoms with Crippen molar-refractivity contribution in [3.8, 4) is 0 Å². The molecule has 0 unspecified atom stereocenters. The molecule has 0 atom stereocenters. The predicted octanol–water partition coefficient (Wildman–Crippen LogP) is 2.90. The molecular weight excluding hydrogens is 224 g/mol. The van der Waals surface area contributed by atoms with Crippen LogP contribution in [0.3, 0.4) is 0 Å². The molecule has 3 nitrogen and oxygen atoms in total. The summed E-state index contributed by atoms with van der Waals surface area (Å²) in [5.41, 5.74) is 0. The second-order valence-corrected chi connectivity index (χ2v) is 5.17. The molecule has 0 saturated carbocycles. The monoisotopic (exact) mass is 258 g/mol. The second kappa shape index (κ2) is 14.9. The molecule has 0 rings (SSSR count). The molecule has 0 heterocycles. The van der Waals surface area contributed by atoms with Gasteiger partial charge in [-0.2, -0.15) is 0 Å². The van der Waals surface area contributed by atoms with Gasteiger partial charge in [0, 0.05) is 26.7 Å². The Balaban J connectivity index is 3.09. The first-order chi connectivity index (χ1) is 8.81. The van der Waals surface area contributed by atoms with E-state index in [-0.39, 0.29) is 0 Å². The van der Waals surface area contributed by atoms with Crippen LogP contribution < -0.4 is 5.32 Å². The zero-order chi connectivity index (χ0) is 13.5. The minimum atomic E-state index is 0.807. The zero-order valence-corrected chi connectivity index (χ0v) is 12.8. The van der Waals surface area contributed by atoms with Crippen molar-refractivity contribution in [1.29, 1.82) is 0 Å². The number of hydrogen-bond acceptors (Lipinski definition) is 3. The van der Waals surface area contributed by atoms with Crippen LogP contribution in [0.1, 0.15) is 51.9 Å². The number of unbranched alkanes of at least 4 members (excludes halogenated alkanes) is 6. The van der Waals surface area contributed by atoms with Crippen LogP contribution in [0.25, 0.3) is 0 Å². The predicted molar refractivity (Wildman–Crippen MR) is 80.2 cm³/mol. The van der Waals surface area contributed by atoms with Crippen molar-refractivity contribution in [2.24, 2.45) is 0 Å². The fraction of sp³-hybridized carbons (Fsp3) is 1.00. The van der Waals surface area contributed by atoms with Gasteiger partial charge in [-0.1, -0.05) is 45.4 Å². The van der Waals surface area contributed by atoms with E-state index >= 15 is 0 Å². The first-order valence-corrected chi connectivity index (χ1v) is 7.69. The molecule has 0 amide bonds. The summed E-state index contributed by atoms with van der Waals surface area (Å²) in [7, 11) is 3.96. The van der Waals surface area contributed by atoms with Crippen molar-refractivity contribution >= 4 is 0 Å². The molecule has 0 aliphatic heterocycles. The van der Waals surface area contributed by atoms with Crippen molar-refractivity contribution < 1.29 is 4.74 Å². The van der Waals surface area contributed by atoms with E-state index in [0.29, 0.717) is 0 Å². The lowest BCUT2D eigenvalue weighted by atomic mass is 10.1. The van der Waals surface area contributed by atoms with E-state index in [1.165, 1.54) is 51.5 Å². The molecule has 0 aliphatic carbocycles. The average Bonchev–Trinajstić information content (AvgIpc) is 2.37. The topological polar surface area (TPSA) is 24.5 Å². The Morgan fingerprint density at radius 2 is 1.56 bits per heavy atom. The molecule has 110 valence electrons. The summed E-state index contributed by atoms with van der Waals surface area (Å²) in [5.74, 6) is 0. The first kappa shape index (κ1) is 17.9. The molecule has 0 bridgehead atoms. The van der Waals surface area contributed by atoms with Gasteiger partial charge in [0.15, 0.2) is 0 Å². The smallest absolute Gasteiger partial charge is 0.0587 e. The van der Waals surface area contributed by atoms with Gasteiger partial charge in [0.25, 0.3) is 0 Å². The van der Waals surface area contributed by atoms with Crippen molar-refractivity contribution in [3.05, 3.63) is 0 Å². The Hall–Kier alpha value is -0.120. The molecule has 0 aromatic carbocycles. The van der Waals surface area contributed by atoms with Crippen molar-refractivity contribution in [1.82, 2.24) is 10.2 Å². The Bertz CT molecular complexity index is 153. The summed E-state index contributed by atoms with van der Waals surface area (Å²) in [6.07, 6.45) is 9.77. The van der Waals surface area contributed by atoms with Gasteiger partial charge in [-0.3, -0.25) is 0 Å². The number of likely N-dealkylation sites (N-methyl/N-ethyl adjacent to an activating group) is 1. The fourth-order valence-corrected chi connectivity index (χ4v) is 2.02. The molecule has 0 aromatic rings. The van der Waals surface area contributed by atoms with E-state index in [1.807, 2.05) is 0 Å². The average molecular weight is 258 g/mol. The van der Waals surface area contributed by atoms with Crippen LogP contribution in [0.15, 0.2) is 0 Å². The lowest BCUT2D eigenvalue weighted by molar-refractivity contribution is 0.197. The number of hydrogen-bond donors (Lipinski definition) is 1. The van der Waals surface area contributed by atoms with E-state index in [2.05, 4.69) is 24.2 Å². The lowest BCUT2D eigenvalue weighted by Crippen LogP contribution is -2.31. The molecule has 1 N–H and O–H groups in total. The van der Waals surface area contributed by atoms with Crippen LogP contribution in [-0.2, 0) is 4.74 Å².